The van der Waals surface area contributed by atoms with Crippen LogP contribution < -0.4 is 10.9 Å². The molecule has 11 heteroatoms. The Morgan fingerprint density at radius 3 is 2.58 bits per heavy atom. The Morgan fingerprint density at radius 1 is 1.26 bits per heavy atom. The van der Waals surface area contributed by atoms with Gasteiger partial charge in [-0.1, -0.05) is 0 Å². The van der Waals surface area contributed by atoms with Gasteiger partial charge in [0.05, 0.1) is 11.6 Å². The SMILES string of the molecule is C[C@@]1(O)CCC[C@H]1n1c(=O)ccc2cnc(NC3CCN(C(=O)C(F)(F)F)CC3)nc21. The molecule has 0 unspecified atom stereocenters. The van der Waals surface area contributed by atoms with E-state index in [0.29, 0.717) is 36.7 Å². The molecular formula is C20H24F3N5O3. The molecular weight excluding hydrogens is 415 g/mol. The first-order chi connectivity index (χ1) is 14.6. The van der Waals surface area contributed by atoms with E-state index in [-0.39, 0.29) is 30.6 Å². The molecule has 2 fully saturated rings. The number of amides is 1. The molecule has 0 spiro atoms. The summed E-state index contributed by atoms with van der Waals surface area (Å²) in [5.41, 5.74) is -0.876. The van der Waals surface area contributed by atoms with E-state index in [1.807, 2.05) is 0 Å². The second-order valence-electron chi connectivity index (χ2n) is 8.49. The van der Waals surface area contributed by atoms with Crippen molar-refractivity contribution in [1.29, 1.82) is 0 Å². The van der Waals surface area contributed by atoms with Gasteiger partial charge in [0, 0.05) is 36.8 Å². The number of alkyl halides is 3. The molecule has 1 saturated carbocycles. The van der Waals surface area contributed by atoms with Crippen molar-refractivity contribution in [2.45, 2.75) is 62.9 Å². The van der Waals surface area contributed by atoms with Crippen molar-refractivity contribution in [3.63, 3.8) is 0 Å². The van der Waals surface area contributed by atoms with Gasteiger partial charge in [-0.3, -0.25) is 14.2 Å². The van der Waals surface area contributed by atoms with Crippen molar-refractivity contribution < 1.29 is 23.1 Å². The predicted molar refractivity (Wildman–Crippen MR) is 107 cm³/mol. The zero-order valence-corrected chi connectivity index (χ0v) is 17.0. The summed E-state index contributed by atoms with van der Waals surface area (Å²) in [5, 5.41) is 14.5. The van der Waals surface area contributed by atoms with Gasteiger partial charge in [-0.25, -0.2) is 4.98 Å². The number of pyridine rings is 1. The maximum Gasteiger partial charge on any atom is 0.471 e. The minimum atomic E-state index is -4.87. The summed E-state index contributed by atoms with van der Waals surface area (Å²) in [6.45, 7) is 1.69. The normalized spacial score (nSPS) is 25.2. The fraction of sp³-hybridized carbons (Fsp3) is 0.600. The van der Waals surface area contributed by atoms with E-state index < -0.39 is 23.7 Å². The summed E-state index contributed by atoms with van der Waals surface area (Å²) in [6, 6.07) is 2.46. The highest BCUT2D eigenvalue weighted by Gasteiger charge is 2.43. The molecule has 2 atom stereocenters. The third kappa shape index (κ3) is 4.23. The molecule has 2 N–H and O–H groups in total. The van der Waals surface area contributed by atoms with Crippen LogP contribution in [0, 0.1) is 0 Å². The smallest absolute Gasteiger partial charge is 0.388 e. The number of aliphatic hydroxyl groups is 1. The number of halogens is 3. The van der Waals surface area contributed by atoms with Crippen LogP contribution in [0.3, 0.4) is 0 Å². The molecule has 1 saturated heterocycles. The molecule has 1 aliphatic heterocycles. The van der Waals surface area contributed by atoms with Gasteiger partial charge in [-0.05, 0) is 45.1 Å². The number of fused-ring (bicyclic) bond motifs is 1. The molecule has 2 aliphatic rings. The highest BCUT2D eigenvalue weighted by molar-refractivity contribution is 5.82. The number of hydrogen-bond donors (Lipinski definition) is 2. The van der Waals surface area contributed by atoms with Crippen molar-refractivity contribution in [3.05, 3.63) is 28.7 Å². The number of nitrogens with one attached hydrogen (secondary N) is 1. The lowest BCUT2D eigenvalue weighted by Crippen LogP contribution is -2.47. The van der Waals surface area contributed by atoms with Gasteiger partial charge in [0.2, 0.25) is 5.95 Å². The number of rotatable bonds is 3. The van der Waals surface area contributed by atoms with Crippen LogP contribution in [-0.2, 0) is 4.79 Å². The van der Waals surface area contributed by atoms with Gasteiger partial charge in [0.15, 0.2) is 0 Å². The standard InChI is InChI=1S/C20H24F3N5O3/c1-19(31)8-2-3-14(19)28-15(29)5-4-12-11-24-18(26-16(12)28)25-13-6-9-27(10-7-13)17(30)20(21,22)23/h4-5,11,13-14,31H,2-3,6-10H2,1H3,(H,24,25,26)/t14-,19-/m1/s1. The highest BCUT2D eigenvalue weighted by atomic mass is 19.4. The van der Waals surface area contributed by atoms with Crippen LogP contribution in [0.25, 0.3) is 11.0 Å². The number of carbonyl (C=O) groups is 1. The monoisotopic (exact) mass is 439 g/mol. The molecule has 31 heavy (non-hydrogen) atoms. The molecule has 0 bridgehead atoms. The second-order valence-corrected chi connectivity index (χ2v) is 8.49. The van der Waals surface area contributed by atoms with E-state index in [1.54, 1.807) is 19.2 Å². The number of carbonyl (C=O) groups excluding carboxylic acids is 1. The zero-order valence-electron chi connectivity index (χ0n) is 17.0. The number of nitrogens with zero attached hydrogens (tertiary/aromatic N) is 4. The number of hydrogen-bond acceptors (Lipinski definition) is 6. The van der Waals surface area contributed by atoms with Gasteiger partial charge in [-0.2, -0.15) is 18.2 Å². The minimum absolute atomic E-state index is 0.0146. The summed E-state index contributed by atoms with van der Waals surface area (Å²) >= 11 is 0. The van der Waals surface area contributed by atoms with Crippen LogP contribution in [0.15, 0.2) is 23.1 Å². The maximum atomic E-state index is 12.6. The van der Waals surface area contributed by atoms with E-state index in [1.165, 1.54) is 10.6 Å². The number of likely N-dealkylation sites (tertiary alicyclic amines) is 1. The topological polar surface area (TPSA) is 100 Å². The fourth-order valence-corrected chi connectivity index (χ4v) is 4.54. The zero-order chi connectivity index (χ0) is 22.4. The Labute approximate surface area is 176 Å². The number of aromatic nitrogens is 3. The Bertz CT molecular complexity index is 1040. The van der Waals surface area contributed by atoms with Crippen molar-refractivity contribution in [3.8, 4) is 0 Å². The van der Waals surface area contributed by atoms with Crippen molar-refractivity contribution in [1.82, 2.24) is 19.4 Å². The van der Waals surface area contributed by atoms with E-state index in [2.05, 4.69) is 15.3 Å². The largest absolute Gasteiger partial charge is 0.471 e. The first-order valence-corrected chi connectivity index (χ1v) is 10.3. The quantitative estimate of drug-likeness (QED) is 0.761. The average Bonchev–Trinajstić information content (AvgIpc) is 3.06. The second kappa shape index (κ2) is 7.77. The van der Waals surface area contributed by atoms with E-state index in [0.717, 1.165) is 11.3 Å². The summed E-state index contributed by atoms with van der Waals surface area (Å²) in [5.74, 6) is -1.56. The molecule has 0 aromatic carbocycles. The lowest BCUT2D eigenvalue weighted by molar-refractivity contribution is -0.186. The molecule has 1 amide bonds. The van der Waals surface area contributed by atoms with Crippen molar-refractivity contribution in [2.24, 2.45) is 0 Å². The van der Waals surface area contributed by atoms with E-state index in [9.17, 15) is 27.9 Å². The maximum absolute atomic E-state index is 12.6. The van der Waals surface area contributed by atoms with Crippen LogP contribution in [-0.4, -0.2) is 61.4 Å². The molecule has 1 aliphatic carbocycles. The third-order valence-electron chi connectivity index (χ3n) is 6.21. The first-order valence-electron chi connectivity index (χ1n) is 10.3. The van der Waals surface area contributed by atoms with Crippen LogP contribution in [0.5, 0.6) is 0 Å². The fourth-order valence-electron chi connectivity index (χ4n) is 4.54. The Hall–Kier alpha value is -2.69. The lowest BCUT2D eigenvalue weighted by Gasteiger charge is -2.32. The summed E-state index contributed by atoms with van der Waals surface area (Å²) in [6.07, 6.45) is -0.605. The Balaban J connectivity index is 1.55. The minimum Gasteiger partial charge on any atom is -0.388 e. The van der Waals surface area contributed by atoms with Crippen LogP contribution in [0.4, 0.5) is 19.1 Å². The van der Waals surface area contributed by atoms with Crippen LogP contribution >= 0.6 is 0 Å². The molecule has 168 valence electrons. The Morgan fingerprint density at radius 2 is 1.97 bits per heavy atom. The first kappa shape index (κ1) is 21.5. The van der Waals surface area contributed by atoms with Crippen LogP contribution in [0.2, 0.25) is 0 Å². The molecule has 2 aromatic rings. The predicted octanol–water partition coefficient (Wildman–Crippen LogP) is 2.23. The average molecular weight is 439 g/mol. The van der Waals surface area contributed by atoms with Crippen molar-refractivity contribution in [2.75, 3.05) is 18.4 Å². The lowest BCUT2D eigenvalue weighted by atomic mass is 10.00. The van der Waals surface area contributed by atoms with Gasteiger partial charge < -0.3 is 15.3 Å². The Kier molecular flexibility index (Phi) is 5.40. The molecule has 4 rings (SSSR count). The van der Waals surface area contributed by atoms with Gasteiger partial charge in [0.25, 0.3) is 5.56 Å². The van der Waals surface area contributed by atoms with Crippen molar-refractivity contribution >= 4 is 22.9 Å². The van der Waals surface area contributed by atoms with E-state index in [4.69, 9.17) is 0 Å². The van der Waals surface area contributed by atoms with Gasteiger partial charge >= 0.3 is 12.1 Å². The molecule has 0 radical (unpaired) electrons. The third-order valence-corrected chi connectivity index (χ3v) is 6.21. The van der Waals surface area contributed by atoms with Crippen LogP contribution in [0.1, 0.15) is 45.1 Å². The number of anilines is 1. The molecule has 2 aromatic heterocycles. The van der Waals surface area contributed by atoms with Gasteiger partial charge in [-0.15, -0.1) is 0 Å². The molecule has 8 nitrogen and oxygen atoms in total. The summed E-state index contributed by atoms with van der Waals surface area (Å²) < 4.78 is 39.3. The summed E-state index contributed by atoms with van der Waals surface area (Å²) in [4.78, 5) is 33.6. The van der Waals surface area contributed by atoms with Gasteiger partial charge in [0.1, 0.15) is 5.65 Å². The van der Waals surface area contributed by atoms with E-state index >= 15 is 0 Å². The summed E-state index contributed by atoms with van der Waals surface area (Å²) in [7, 11) is 0. The number of piperidine rings is 1. The molecule has 3 heterocycles. The highest BCUT2D eigenvalue weighted by Crippen LogP contribution is 2.39.